The molecule has 102 valence electrons. The van der Waals surface area contributed by atoms with E-state index in [-0.39, 0.29) is 11.8 Å². The summed E-state index contributed by atoms with van der Waals surface area (Å²) >= 11 is 0. The molecule has 1 saturated carbocycles. The molecule has 18 heavy (non-hydrogen) atoms. The summed E-state index contributed by atoms with van der Waals surface area (Å²) < 4.78 is 0. The molecule has 3 nitrogen and oxygen atoms in total. The van der Waals surface area contributed by atoms with Crippen LogP contribution in [0, 0.1) is 11.8 Å². The van der Waals surface area contributed by atoms with E-state index >= 15 is 0 Å². The van der Waals surface area contributed by atoms with Gasteiger partial charge >= 0.3 is 0 Å². The molecule has 1 amide bonds. The molecule has 0 bridgehead atoms. The molecule has 3 heteroatoms. The van der Waals surface area contributed by atoms with Gasteiger partial charge in [-0.3, -0.25) is 4.79 Å². The summed E-state index contributed by atoms with van der Waals surface area (Å²) in [5, 5.41) is 3.10. The molecule has 2 aliphatic rings. The molecule has 0 aromatic rings. The molecule has 2 atom stereocenters. The van der Waals surface area contributed by atoms with Gasteiger partial charge in [0.15, 0.2) is 0 Å². The molecule has 2 aliphatic carbocycles. The van der Waals surface area contributed by atoms with Crippen molar-refractivity contribution in [3.63, 3.8) is 0 Å². The van der Waals surface area contributed by atoms with Gasteiger partial charge in [-0.05, 0) is 57.4 Å². The monoisotopic (exact) mass is 250 g/mol. The Hall–Kier alpha value is -0.830. The Bertz CT molecular complexity index is 312. The maximum absolute atomic E-state index is 12.1. The van der Waals surface area contributed by atoms with Crippen LogP contribution < -0.4 is 11.1 Å². The maximum atomic E-state index is 12.1. The number of nitrogens with one attached hydrogen (secondary N) is 1. The molecule has 0 saturated heterocycles. The van der Waals surface area contributed by atoms with E-state index in [1.54, 1.807) is 0 Å². The van der Waals surface area contributed by atoms with Crippen LogP contribution in [0.25, 0.3) is 0 Å². The molecule has 0 aromatic carbocycles. The molecule has 0 heterocycles. The minimum Gasteiger partial charge on any atom is -0.356 e. The van der Waals surface area contributed by atoms with E-state index < -0.39 is 0 Å². The molecule has 3 N–H and O–H groups in total. The summed E-state index contributed by atoms with van der Waals surface area (Å²) in [4.78, 5) is 12.1. The van der Waals surface area contributed by atoms with Gasteiger partial charge in [0.05, 0.1) is 0 Å². The van der Waals surface area contributed by atoms with Crippen molar-refractivity contribution in [1.29, 1.82) is 0 Å². The lowest BCUT2D eigenvalue weighted by Gasteiger charge is -2.18. The number of nitrogens with two attached hydrogens (primary N) is 1. The number of rotatable bonds is 5. The van der Waals surface area contributed by atoms with Crippen LogP contribution >= 0.6 is 0 Å². The van der Waals surface area contributed by atoms with Crippen molar-refractivity contribution in [3.05, 3.63) is 11.6 Å². The quantitative estimate of drug-likeness (QED) is 0.736. The van der Waals surface area contributed by atoms with Gasteiger partial charge in [-0.1, -0.05) is 18.1 Å². The van der Waals surface area contributed by atoms with Crippen LogP contribution in [-0.4, -0.2) is 19.0 Å². The minimum absolute atomic E-state index is 0.176. The van der Waals surface area contributed by atoms with Gasteiger partial charge in [-0.25, -0.2) is 0 Å². The van der Waals surface area contributed by atoms with Crippen molar-refractivity contribution >= 4 is 5.91 Å². The van der Waals surface area contributed by atoms with Crippen LogP contribution in [0.4, 0.5) is 0 Å². The summed E-state index contributed by atoms with van der Waals surface area (Å²) in [6, 6.07) is 0. The van der Waals surface area contributed by atoms with E-state index in [0.717, 1.165) is 32.2 Å². The van der Waals surface area contributed by atoms with E-state index in [0.29, 0.717) is 12.5 Å². The Kier molecular flexibility index (Phi) is 5.24. The van der Waals surface area contributed by atoms with Gasteiger partial charge < -0.3 is 11.1 Å². The van der Waals surface area contributed by atoms with Crippen LogP contribution in [0.15, 0.2) is 11.6 Å². The highest BCUT2D eigenvalue weighted by molar-refractivity contribution is 5.79. The zero-order valence-electron chi connectivity index (χ0n) is 11.3. The van der Waals surface area contributed by atoms with Crippen molar-refractivity contribution in [3.8, 4) is 0 Å². The fourth-order valence-corrected chi connectivity index (χ4v) is 3.27. The van der Waals surface area contributed by atoms with E-state index in [4.69, 9.17) is 5.73 Å². The Labute approximate surface area is 110 Å². The second kappa shape index (κ2) is 6.93. The number of hydrogen-bond acceptors (Lipinski definition) is 2. The largest absolute Gasteiger partial charge is 0.356 e. The molecule has 0 aromatic heterocycles. The summed E-state index contributed by atoms with van der Waals surface area (Å²) in [5.41, 5.74) is 7.25. The molecule has 0 radical (unpaired) electrons. The van der Waals surface area contributed by atoms with Gasteiger partial charge in [0.25, 0.3) is 0 Å². The van der Waals surface area contributed by atoms with Gasteiger partial charge in [-0.2, -0.15) is 0 Å². The average molecular weight is 250 g/mol. The van der Waals surface area contributed by atoms with E-state index in [2.05, 4.69) is 11.4 Å². The van der Waals surface area contributed by atoms with Crippen LogP contribution in [0.2, 0.25) is 0 Å². The Morgan fingerprint density at radius 3 is 2.94 bits per heavy atom. The highest BCUT2D eigenvalue weighted by atomic mass is 16.1. The fraction of sp³-hybridized carbons (Fsp3) is 0.800. The average Bonchev–Trinajstić information content (AvgIpc) is 2.88. The van der Waals surface area contributed by atoms with Crippen molar-refractivity contribution in [1.82, 2.24) is 5.32 Å². The second-order valence-corrected chi connectivity index (χ2v) is 5.68. The maximum Gasteiger partial charge on any atom is 0.223 e. The predicted molar refractivity (Wildman–Crippen MR) is 74.1 cm³/mol. The molecule has 1 fully saturated rings. The predicted octanol–water partition coefficient (Wildman–Crippen LogP) is 2.37. The first kappa shape index (κ1) is 13.6. The minimum atomic E-state index is 0.176. The van der Waals surface area contributed by atoms with Crippen molar-refractivity contribution in [2.45, 2.75) is 51.4 Å². The summed E-state index contributed by atoms with van der Waals surface area (Å²) in [6.07, 6.45) is 11.8. The normalized spacial score (nSPS) is 27.9. The van der Waals surface area contributed by atoms with Crippen molar-refractivity contribution < 1.29 is 4.79 Å². The van der Waals surface area contributed by atoms with Gasteiger partial charge in [-0.15, -0.1) is 0 Å². The van der Waals surface area contributed by atoms with Gasteiger partial charge in [0, 0.05) is 12.5 Å². The van der Waals surface area contributed by atoms with Crippen LogP contribution in [0.5, 0.6) is 0 Å². The van der Waals surface area contributed by atoms with E-state index in [1.165, 1.54) is 31.3 Å². The summed E-state index contributed by atoms with van der Waals surface area (Å²) in [5.74, 6) is 0.827. The lowest BCUT2D eigenvalue weighted by atomic mass is 9.95. The van der Waals surface area contributed by atoms with Crippen molar-refractivity contribution in [2.75, 3.05) is 13.1 Å². The lowest BCUT2D eigenvalue weighted by molar-refractivity contribution is -0.125. The Balaban J connectivity index is 1.69. The number of amides is 1. The summed E-state index contributed by atoms with van der Waals surface area (Å²) in [7, 11) is 0. The number of hydrogen-bond donors (Lipinski definition) is 2. The highest BCUT2D eigenvalue weighted by Crippen LogP contribution is 2.31. The molecule has 0 spiro atoms. The third kappa shape index (κ3) is 3.58. The zero-order valence-corrected chi connectivity index (χ0v) is 11.3. The first-order valence-electron chi connectivity index (χ1n) is 7.47. The van der Waals surface area contributed by atoms with Crippen molar-refractivity contribution in [2.24, 2.45) is 17.6 Å². The third-order valence-electron chi connectivity index (χ3n) is 4.43. The number of allylic oxidation sites excluding steroid dienone is 1. The smallest absolute Gasteiger partial charge is 0.223 e. The summed E-state index contributed by atoms with van der Waals surface area (Å²) in [6.45, 7) is 1.46. The topological polar surface area (TPSA) is 55.1 Å². The first-order valence-corrected chi connectivity index (χ1v) is 7.47. The standard InChI is InChI=1S/C15H26N2O/c16-11-13-7-4-8-14(13)15(18)17-10-9-12-5-2-1-3-6-12/h5,13-14H,1-4,6-11,16H2,(H,17,18). The van der Waals surface area contributed by atoms with E-state index in [9.17, 15) is 4.79 Å². The first-order chi connectivity index (χ1) is 8.81. The van der Waals surface area contributed by atoms with Crippen LogP contribution in [0.3, 0.4) is 0 Å². The zero-order chi connectivity index (χ0) is 12.8. The second-order valence-electron chi connectivity index (χ2n) is 5.68. The molecular weight excluding hydrogens is 224 g/mol. The highest BCUT2D eigenvalue weighted by Gasteiger charge is 2.31. The molecular formula is C15H26N2O. The molecule has 0 aliphatic heterocycles. The molecule has 2 rings (SSSR count). The van der Waals surface area contributed by atoms with Crippen LogP contribution in [-0.2, 0) is 4.79 Å². The lowest BCUT2D eigenvalue weighted by Crippen LogP contribution is -2.35. The van der Waals surface area contributed by atoms with Gasteiger partial charge in [0.2, 0.25) is 5.91 Å². The number of carbonyl (C=O) groups is 1. The Morgan fingerprint density at radius 2 is 2.22 bits per heavy atom. The number of carbonyl (C=O) groups excluding carboxylic acids is 1. The van der Waals surface area contributed by atoms with Gasteiger partial charge in [0.1, 0.15) is 0 Å². The fourth-order valence-electron chi connectivity index (χ4n) is 3.27. The Morgan fingerprint density at radius 1 is 1.33 bits per heavy atom. The molecule has 2 unspecified atom stereocenters. The third-order valence-corrected chi connectivity index (χ3v) is 4.43. The van der Waals surface area contributed by atoms with E-state index in [1.807, 2.05) is 0 Å². The van der Waals surface area contributed by atoms with Crippen LogP contribution in [0.1, 0.15) is 51.4 Å². The SMILES string of the molecule is NCC1CCCC1C(=O)NCCC1=CCCCC1.